The lowest BCUT2D eigenvalue weighted by atomic mass is 10.2. The Labute approximate surface area is 131 Å². The first-order valence-corrected chi connectivity index (χ1v) is 7.73. The van der Waals surface area contributed by atoms with Crippen molar-refractivity contribution in [1.82, 2.24) is 4.57 Å². The average molecular weight is 365 g/mol. The maximum atomic E-state index is 12.3. The number of halogens is 1. The van der Waals surface area contributed by atoms with E-state index in [9.17, 15) is 14.9 Å². The first-order valence-electron chi connectivity index (χ1n) is 6.06. The summed E-state index contributed by atoms with van der Waals surface area (Å²) in [6, 6.07) is 8.55. The van der Waals surface area contributed by atoms with Gasteiger partial charge in [0.2, 0.25) is 0 Å². The fraction of sp³-hybridized carbons (Fsp3) is 0.0714. The molecule has 3 rings (SSSR count). The van der Waals surface area contributed by atoms with Crippen molar-refractivity contribution >= 4 is 43.0 Å². The molecule has 0 aliphatic carbocycles. The van der Waals surface area contributed by atoms with Crippen LogP contribution in [0.5, 0.6) is 0 Å². The van der Waals surface area contributed by atoms with E-state index in [0.717, 1.165) is 4.70 Å². The lowest BCUT2D eigenvalue weighted by molar-refractivity contribution is -0.385. The second-order valence-corrected chi connectivity index (χ2v) is 6.29. The number of benzene rings is 1. The highest BCUT2D eigenvalue weighted by Crippen LogP contribution is 2.26. The third-order valence-electron chi connectivity index (χ3n) is 3.15. The molecule has 2 aromatic heterocycles. The highest BCUT2D eigenvalue weighted by molar-refractivity contribution is 9.10. The molecule has 0 fully saturated rings. The predicted molar refractivity (Wildman–Crippen MR) is 86.0 cm³/mol. The molecular formula is C14H9BrN2O3S. The summed E-state index contributed by atoms with van der Waals surface area (Å²) in [5, 5.41) is 13.5. The van der Waals surface area contributed by atoms with Crippen LogP contribution in [0.1, 0.15) is 5.56 Å². The van der Waals surface area contributed by atoms with Crippen LogP contribution in [0.25, 0.3) is 10.1 Å². The topological polar surface area (TPSA) is 65.1 Å². The van der Waals surface area contributed by atoms with E-state index in [0.29, 0.717) is 22.0 Å². The number of nitro benzene ring substituents is 1. The maximum absolute atomic E-state index is 12.3. The van der Waals surface area contributed by atoms with Crippen molar-refractivity contribution in [3.05, 3.63) is 72.4 Å². The summed E-state index contributed by atoms with van der Waals surface area (Å²) >= 11 is 4.67. The molecule has 0 saturated heterocycles. The van der Waals surface area contributed by atoms with Gasteiger partial charge in [0.05, 0.1) is 21.3 Å². The molecule has 0 bridgehead atoms. The third kappa shape index (κ3) is 2.62. The van der Waals surface area contributed by atoms with Crippen LogP contribution in [0.4, 0.5) is 5.69 Å². The van der Waals surface area contributed by atoms with Crippen molar-refractivity contribution in [3.8, 4) is 0 Å². The Hall–Kier alpha value is -1.99. The highest BCUT2D eigenvalue weighted by Gasteiger charge is 2.13. The molecule has 21 heavy (non-hydrogen) atoms. The highest BCUT2D eigenvalue weighted by atomic mass is 79.9. The van der Waals surface area contributed by atoms with E-state index in [4.69, 9.17) is 0 Å². The molecule has 0 unspecified atom stereocenters. The summed E-state index contributed by atoms with van der Waals surface area (Å²) in [4.78, 5) is 22.8. The van der Waals surface area contributed by atoms with Gasteiger partial charge in [-0.25, -0.2) is 0 Å². The van der Waals surface area contributed by atoms with Gasteiger partial charge in [0.25, 0.3) is 11.2 Å². The van der Waals surface area contributed by atoms with Crippen LogP contribution >= 0.6 is 27.3 Å². The molecule has 2 heterocycles. The number of aromatic nitrogens is 1. The van der Waals surface area contributed by atoms with Gasteiger partial charge in [-0.15, -0.1) is 11.3 Å². The van der Waals surface area contributed by atoms with Crippen LogP contribution in [0.15, 0.2) is 51.2 Å². The molecular weight excluding hydrogens is 356 g/mol. The van der Waals surface area contributed by atoms with Crippen molar-refractivity contribution in [3.63, 3.8) is 0 Å². The summed E-state index contributed by atoms with van der Waals surface area (Å²) in [6.45, 7) is 0.304. The Morgan fingerprint density at radius 1 is 1.29 bits per heavy atom. The van der Waals surface area contributed by atoms with E-state index in [-0.39, 0.29) is 11.2 Å². The first kappa shape index (κ1) is 14.0. The van der Waals surface area contributed by atoms with Gasteiger partial charge >= 0.3 is 0 Å². The molecule has 106 valence electrons. The molecule has 0 atom stereocenters. The normalized spacial score (nSPS) is 10.9. The molecule has 0 saturated carbocycles. The van der Waals surface area contributed by atoms with Crippen LogP contribution in [0.3, 0.4) is 0 Å². The van der Waals surface area contributed by atoms with Gasteiger partial charge in [0.15, 0.2) is 0 Å². The average Bonchev–Trinajstić information content (AvgIpc) is 2.93. The molecule has 0 N–H and O–H groups in total. The largest absolute Gasteiger partial charge is 0.311 e. The Morgan fingerprint density at radius 3 is 2.86 bits per heavy atom. The summed E-state index contributed by atoms with van der Waals surface area (Å²) in [6.07, 6.45) is 1.72. The molecule has 5 nitrogen and oxygen atoms in total. The number of nitro groups is 1. The summed E-state index contributed by atoms with van der Waals surface area (Å²) < 4.78 is 2.93. The number of fused-ring (bicyclic) bond motifs is 1. The molecule has 0 aliphatic heterocycles. The minimum absolute atomic E-state index is 0.00263. The van der Waals surface area contributed by atoms with E-state index < -0.39 is 4.92 Å². The van der Waals surface area contributed by atoms with Crippen LogP contribution in [0.2, 0.25) is 0 Å². The molecule has 7 heteroatoms. The van der Waals surface area contributed by atoms with Crippen molar-refractivity contribution in [2.45, 2.75) is 6.54 Å². The quantitative estimate of drug-likeness (QED) is 0.524. The van der Waals surface area contributed by atoms with Crippen molar-refractivity contribution in [2.75, 3.05) is 0 Å². The lowest BCUT2D eigenvalue weighted by Crippen LogP contribution is -2.19. The summed E-state index contributed by atoms with van der Waals surface area (Å²) in [7, 11) is 0. The Morgan fingerprint density at radius 2 is 2.10 bits per heavy atom. The van der Waals surface area contributed by atoms with Gasteiger partial charge in [0, 0.05) is 17.0 Å². The number of thiophene rings is 1. The first-order chi connectivity index (χ1) is 10.1. The number of rotatable bonds is 3. The van der Waals surface area contributed by atoms with Gasteiger partial charge in [-0.3, -0.25) is 14.9 Å². The summed E-state index contributed by atoms with van der Waals surface area (Å²) in [5.74, 6) is 0. The molecule has 0 amide bonds. The number of hydrogen-bond donors (Lipinski definition) is 0. The Balaban J connectivity index is 2.02. The minimum atomic E-state index is -0.446. The number of nitrogens with zero attached hydrogens (tertiary/aromatic N) is 2. The smallest absolute Gasteiger partial charge is 0.283 e. The standard InChI is InChI=1S/C14H9BrN2O3S/c15-11-2-1-9(7-12(11)17(19)20)8-16-5-3-13-10(14(16)18)4-6-21-13/h1-7H,8H2. The number of hydrogen-bond acceptors (Lipinski definition) is 4. The molecule has 0 radical (unpaired) electrons. The molecule has 3 aromatic rings. The van der Waals surface area contributed by atoms with Crippen LogP contribution in [-0.4, -0.2) is 9.49 Å². The second kappa shape index (κ2) is 5.42. The SMILES string of the molecule is O=c1c2ccsc2ccn1Cc1ccc(Br)c([N+](=O)[O-])c1. The zero-order valence-electron chi connectivity index (χ0n) is 10.7. The zero-order valence-corrected chi connectivity index (χ0v) is 13.1. The van der Waals surface area contributed by atoms with E-state index in [1.165, 1.54) is 17.4 Å². The van der Waals surface area contributed by atoms with Gasteiger partial charge in [-0.1, -0.05) is 6.07 Å². The lowest BCUT2D eigenvalue weighted by Gasteiger charge is -2.06. The van der Waals surface area contributed by atoms with E-state index in [2.05, 4.69) is 15.9 Å². The fourth-order valence-corrected chi connectivity index (χ4v) is 3.29. The Kier molecular flexibility index (Phi) is 3.60. The van der Waals surface area contributed by atoms with Crippen LogP contribution < -0.4 is 5.56 Å². The van der Waals surface area contributed by atoms with Gasteiger partial charge in [-0.2, -0.15) is 0 Å². The van der Waals surface area contributed by atoms with Crippen molar-refractivity contribution in [1.29, 1.82) is 0 Å². The van der Waals surface area contributed by atoms with E-state index in [1.807, 2.05) is 11.4 Å². The fourth-order valence-electron chi connectivity index (χ4n) is 2.12. The molecule has 1 aromatic carbocycles. The van der Waals surface area contributed by atoms with Gasteiger partial charge in [-0.05, 0) is 45.1 Å². The molecule has 0 aliphatic rings. The van der Waals surface area contributed by atoms with E-state index >= 15 is 0 Å². The van der Waals surface area contributed by atoms with Crippen molar-refractivity contribution in [2.24, 2.45) is 0 Å². The number of pyridine rings is 1. The van der Waals surface area contributed by atoms with Gasteiger partial charge in [0.1, 0.15) is 0 Å². The van der Waals surface area contributed by atoms with Crippen LogP contribution in [0, 0.1) is 10.1 Å². The Bertz CT molecular complexity index is 901. The van der Waals surface area contributed by atoms with Crippen molar-refractivity contribution < 1.29 is 4.92 Å². The minimum Gasteiger partial charge on any atom is -0.311 e. The monoisotopic (exact) mass is 364 g/mol. The predicted octanol–water partition coefficient (Wildman–Crippen LogP) is 3.78. The zero-order chi connectivity index (χ0) is 15.0. The summed E-state index contributed by atoms with van der Waals surface area (Å²) in [5.41, 5.74) is 0.623. The third-order valence-corrected chi connectivity index (χ3v) is 4.71. The molecule has 0 spiro atoms. The second-order valence-electron chi connectivity index (χ2n) is 4.49. The van der Waals surface area contributed by atoms with E-state index in [1.54, 1.807) is 29.0 Å². The van der Waals surface area contributed by atoms with Gasteiger partial charge < -0.3 is 4.57 Å². The van der Waals surface area contributed by atoms with Crippen LogP contribution in [-0.2, 0) is 6.54 Å². The maximum Gasteiger partial charge on any atom is 0.283 e.